The normalized spacial score (nSPS) is 12.4. The molecule has 0 unspecified atom stereocenters. The van der Waals surface area contributed by atoms with E-state index in [0.29, 0.717) is 5.75 Å². The molecule has 0 aromatic heterocycles. The van der Waals surface area contributed by atoms with Gasteiger partial charge in [-0.1, -0.05) is 6.92 Å². The Bertz CT molecular complexity index is 196. The van der Waals surface area contributed by atoms with Gasteiger partial charge in [-0.25, -0.2) is 0 Å². The third kappa shape index (κ3) is 7.08. The molecular weight excluding hydrogens is 224 g/mol. The van der Waals surface area contributed by atoms with E-state index in [0.717, 1.165) is 11.5 Å². The highest BCUT2D eigenvalue weighted by Crippen LogP contribution is 2.16. The van der Waals surface area contributed by atoms with Crippen LogP contribution in [-0.4, -0.2) is 44.7 Å². The van der Waals surface area contributed by atoms with E-state index in [1.54, 1.807) is 11.8 Å². The van der Waals surface area contributed by atoms with Crippen molar-refractivity contribution in [2.24, 2.45) is 0 Å². The van der Waals surface area contributed by atoms with E-state index >= 15 is 0 Å². The molecule has 14 heavy (non-hydrogen) atoms. The molecule has 0 fully saturated rings. The molecule has 0 aliphatic carbocycles. The second kappa shape index (κ2) is 7.99. The summed E-state index contributed by atoms with van der Waals surface area (Å²) in [6, 6.07) is 0. The van der Waals surface area contributed by atoms with Gasteiger partial charge in [-0.2, -0.15) is 11.8 Å². The van der Waals surface area contributed by atoms with Crippen LogP contribution in [0.2, 0.25) is 0 Å². The average molecular weight is 238 g/mol. The van der Waals surface area contributed by atoms with Crippen molar-refractivity contribution in [3.8, 4) is 0 Å². The Morgan fingerprint density at radius 3 is 2.36 bits per heavy atom. The number of carboxylic acid groups (broad SMARTS) is 2. The number of hydrogen-bond acceptors (Lipinski definition) is 4. The predicted molar refractivity (Wildman–Crippen MR) is 59.1 cm³/mol. The van der Waals surface area contributed by atoms with Crippen molar-refractivity contribution < 1.29 is 19.8 Å². The third-order valence-corrected chi connectivity index (χ3v) is 3.76. The van der Waals surface area contributed by atoms with Crippen molar-refractivity contribution in [2.45, 2.75) is 18.6 Å². The van der Waals surface area contributed by atoms with Crippen molar-refractivity contribution in [1.29, 1.82) is 0 Å². The molecule has 0 bridgehead atoms. The molecule has 0 rings (SSSR count). The summed E-state index contributed by atoms with van der Waals surface area (Å²) in [6.45, 7) is 2.03. The molecule has 0 heterocycles. The average Bonchev–Trinajstić information content (AvgIpc) is 2.09. The van der Waals surface area contributed by atoms with Crippen LogP contribution in [0.1, 0.15) is 13.3 Å². The standard InChI is InChI=1S/C8H14O4S2/c1-2-13-3-4-14-6(8(11)12)5-7(9)10/h6H,2-5H2,1H3,(H,9,10)(H,11,12)/t6-/m0/s1. The van der Waals surface area contributed by atoms with Gasteiger partial charge in [-0.15, -0.1) is 11.8 Å². The fourth-order valence-electron chi connectivity index (χ4n) is 0.770. The van der Waals surface area contributed by atoms with E-state index in [1.807, 2.05) is 6.92 Å². The first-order valence-electron chi connectivity index (χ1n) is 4.21. The minimum absolute atomic E-state index is 0.309. The Morgan fingerprint density at radius 1 is 1.29 bits per heavy atom. The lowest BCUT2D eigenvalue weighted by Crippen LogP contribution is -2.21. The smallest absolute Gasteiger partial charge is 0.317 e. The van der Waals surface area contributed by atoms with Crippen molar-refractivity contribution in [2.75, 3.05) is 17.3 Å². The number of hydrogen-bond donors (Lipinski definition) is 2. The molecular formula is C8H14O4S2. The molecule has 0 saturated carbocycles. The van der Waals surface area contributed by atoms with Crippen LogP contribution in [0.3, 0.4) is 0 Å². The van der Waals surface area contributed by atoms with Crippen molar-refractivity contribution in [3.05, 3.63) is 0 Å². The summed E-state index contributed by atoms with van der Waals surface area (Å²) < 4.78 is 0. The van der Waals surface area contributed by atoms with Crippen LogP contribution in [0.15, 0.2) is 0 Å². The fourth-order valence-corrected chi connectivity index (χ4v) is 2.60. The van der Waals surface area contributed by atoms with Crippen LogP contribution in [0.25, 0.3) is 0 Å². The molecule has 2 N–H and O–H groups in total. The molecule has 1 atom stereocenters. The van der Waals surface area contributed by atoms with Crippen molar-refractivity contribution >= 4 is 35.5 Å². The Morgan fingerprint density at radius 2 is 1.93 bits per heavy atom. The first-order chi connectivity index (χ1) is 6.57. The zero-order valence-corrected chi connectivity index (χ0v) is 9.57. The number of rotatable bonds is 8. The first-order valence-corrected chi connectivity index (χ1v) is 6.42. The van der Waals surface area contributed by atoms with Crippen molar-refractivity contribution in [1.82, 2.24) is 0 Å². The second-order valence-corrected chi connectivity index (χ2v) is 5.20. The Hall–Kier alpha value is -0.360. The van der Waals surface area contributed by atoms with E-state index in [4.69, 9.17) is 10.2 Å². The highest BCUT2D eigenvalue weighted by molar-refractivity contribution is 8.03. The molecule has 0 aliphatic heterocycles. The fraction of sp³-hybridized carbons (Fsp3) is 0.750. The van der Waals surface area contributed by atoms with Gasteiger partial charge in [0.15, 0.2) is 0 Å². The van der Waals surface area contributed by atoms with E-state index in [2.05, 4.69) is 0 Å². The predicted octanol–water partition coefficient (Wildman–Crippen LogP) is 1.40. The molecule has 0 saturated heterocycles. The monoisotopic (exact) mass is 238 g/mol. The lowest BCUT2D eigenvalue weighted by molar-refractivity contribution is -0.142. The summed E-state index contributed by atoms with van der Waals surface area (Å²) >= 11 is 2.92. The van der Waals surface area contributed by atoms with Crippen LogP contribution < -0.4 is 0 Å². The van der Waals surface area contributed by atoms with Crippen molar-refractivity contribution in [3.63, 3.8) is 0 Å². The first kappa shape index (κ1) is 13.6. The SMILES string of the molecule is CCSCCS[C@@H](CC(=O)O)C(=O)O. The highest BCUT2D eigenvalue weighted by Gasteiger charge is 2.20. The van der Waals surface area contributed by atoms with Crippen LogP contribution in [-0.2, 0) is 9.59 Å². The largest absolute Gasteiger partial charge is 0.481 e. The lowest BCUT2D eigenvalue weighted by Gasteiger charge is -2.08. The van der Waals surface area contributed by atoms with Gasteiger partial charge in [0.25, 0.3) is 0 Å². The van der Waals surface area contributed by atoms with Gasteiger partial charge in [0.05, 0.1) is 6.42 Å². The zero-order chi connectivity index (χ0) is 11.0. The van der Waals surface area contributed by atoms with E-state index in [-0.39, 0.29) is 6.42 Å². The molecule has 0 amide bonds. The maximum atomic E-state index is 10.6. The lowest BCUT2D eigenvalue weighted by atomic mass is 10.3. The van der Waals surface area contributed by atoms with Crippen LogP contribution >= 0.6 is 23.5 Å². The van der Waals surface area contributed by atoms with Gasteiger partial charge in [0.1, 0.15) is 5.25 Å². The van der Waals surface area contributed by atoms with Gasteiger partial charge in [-0.3, -0.25) is 9.59 Å². The minimum Gasteiger partial charge on any atom is -0.481 e. The number of carbonyl (C=O) groups is 2. The third-order valence-electron chi connectivity index (χ3n) is 1.39. The van der Waals surface area contributed by atoms with Gasteiger partial charge in [0.2, 0.25) is 0 Å². The maximum Gasteiger partial charge on any atom is 0.317 e. The molecule has 6 heteroatoms. The summed E-state index contributed by atoms with van der Waals surface area (Å²) in [4.78, 5) is 20.9. The number of thioether (sulfide) groups is 2. The summed E-state index contributed by atoms with van der Waals surface area (Å²) in [5, 5.41) is 16.3. The quantitative estimate of drug-likeness (QED) is 0.623. The highest BCUT2D eigenvalue weighted by atomic mass is 32.2. The minimum atomic E-state index is -1.06. The number of carboxylic acids is 2. The number of aliphatic carboxylic acids is 2. The summed E-state index contributed by atoms with van der Waals surface area (Å²) in [5.41, 5.74) is 0. The van der Waals surface area contributed by atoms with Gasteiger partial charge in [0, 0.05) is 11.5 Å². The molecule has 0 aliphatic rings. The Balaban J connectivity index is 3.74. The Labute approximate surface area is 91.5 Å². The summed E-state index contributed by atoms with van der Waals surface area (Å²) in [6.07, 6.45) is -0.309. The van der Waals surface area contributed by atoms with E-state index < -0.39 is 17.2 Å². The molecule has 4 nitrogen and oxygen atoms in total. The second-order valence-electron chi connectivity index (χ2n) is 2.49. The Kier molecular flexibility index (Phi) is 7.78. The molecule has 82 valence electrons. The molecule has 0 spiro atoms. The van der Waals surface area contributed by atoms with E-state index in [9.17, 15) is 9.59 Å². The van der Waals surface area contributed by atoms with Crippen LogP contribution in [0, 0.1) is 0 Å². The molecule has 0 radical (unpaired) electrons. The van der Waals surface area contributed by atoms with Gasteiger partial charge in [-0.05, 0) is 5.75 Å². The summed E-state index contributed by atoms with van der Waals surface area (Å²) in [5.74, 6) is 0.441. The maximum absolute atomic E-state index is 10.6. The topological polar surface area (TPSA) is 74.6 Å². The van der Waals surface area contributed by atoms with Gasteiger partial charge < -0.3 is 10.2 Å². The molecule has 0 aromatic carbocycles. The summed E-state index contributed by atoms with van der Waals surface area (Å²) in [7, 11) is 0. The van der Waals surface area contributed by atoms with E-state index in [1.165, 1.54) is 11.8 Å². The van der Waals surface area contributed by atoms with Crippen LogP contribution in [0.5, 0.6) is 0 Å². The van der Waals surface area contributed by atoms with Crippen LogP contribution in [0.4, 0.5) is 0 Å². The van der Waals surface area contributed by atoms with Gasteiger partial charge >= 0.3 is 11.9 Å². The zero-order valence-electron chi connectivity index (χ0n) is 7.93. The molecule has 0 aromatic rings.